The first kappa shape index (κ1) is 23.2. The minimum Gasteiger partial charge on any atom is -0.287 e. The molecule has 0 aromatic heterocycles. The third kappa shape index (κ3) is 31.6. The average Bonchev–Trinajstić information content (AvgIpc) is 2.26. The van der Waals surface area contributed by atoms with Crippen molar-refractivity contribution >= 4 is 71.7 Å². The van der Waals surface area contributed by atoms with Gasteiger partial charge in [-0.3, -0.25) is 14.4 Å². The van der Waals surface area contributed by atoms with Crippen LogP contribution in [0.1, 0.15) is 33.6 Å². The van der Waals surface area contributed by atoms with Crippen molar-refractivity contribution < 1.29 is 14.4 Å². The van der Waals surface area contributed by atoms with Gasteiger partial charge in [-0.25, -0.2) is 5.06 Å². The molecule has 7 heteroatoms. The lowest BCUT2D eigenvalue weighted by Crippen LogP contribution is -2.23. The molecule has 0 aliphatic heterocycles. The van der Waals surface area contributed by atoms with Crippen molar-refractivity contribution in [1.82, 2.24) is 5.06 Å². The molecule has 4 nitrogen and oxygen atoms in total. The molecular weight excluding hydrogens is 516 g/mol. The van der Waals surface area contributed by atoms with E-state index in [4.69, 9.17) is 0 Å². The minimum absolute atomic E-state index is 0.00694. The molecule has 0 spiro atoms. The van der Waals surface area contributed by atoms with E-state index in [1.165, 1.54) is 12.2 Å². The number of hydrogen-bond acceptors (Lipinski definition) is 3. The zero-order valence-electron chi connectivity index (χ0n) is 10.8. The summed E-state index contributed by atoms with van der Waals surface area (Å²) in [4.78, 5) is 24.9. The molecule has 0 aliphatic rings. The molecule has 0 bridgehead atoms. The van der Waals surface area contributed by atoms with Crippen molar-refractivity contribution in [2.24, 2.45) is 0 Å². The van der Waals surface area contributed by atoms with Crippen LogP contribution in [0.3, 0.4) is 0 Å². The van der Waals surface area contributed by atoms with Crippen LogP contribution >= 0.6 is 61.1 Å². The van der Waals surface area contributed by atoms with Gasteiger partial charge in [-0.2, -0.15) is 0 Å². The molecule has 0 saturated carbocycles. The molecule has 17 heavy (non-hydrogen) atoms. The third-order valence-electron chi connectivity index (χ3n) is 1.21. The summed E-state index contributed by atoms with van der Waals surface area (Å²) in [6.45, 7) is 5.73. The number of hydroxylamine groups is 2. The van der Waals surface area contributed by atoms with Gasteiger partial charge in [0.15, 0.2) is 4.69 Å². The lowest BCUT2D eigenvalue weighted by Gasteiger charge is -2.10. The summed E-state index contributed by atoms with van der Waals surface area (Å²) in [5.41, 5.74) is 0. The van der Waals surface area contributed by atoms with Crippen LogP contribution < -0.4 is 0 Å². The first-order valence-electron chi connectivity index (χ1n) is 4.99. The lowest BCUT2D eigenvalue weighted by atomic mass is 10.5. The normalized spacial score (nSPS) is 8.53. The van der Waals surface area contributed by atoms with E-state index in [1.807, 2.05) is 0 Å². The van der Waals surface area contributed by atoms with Crippen LogP contribution in [-0.4, -0.2) is 31.8 Å². The van der Waals surface area contributed by atoms with Gasteiger partial charge in [0, 0.05) is 19.9 Å². The number of alkyl halides is 2. The standard InChI is InChI=1S/C5H11NO2.C3H5BrO.C2H4I2/c1-4-5(7)6(2)8-3;1-2-3(4)5;1-2(3)4/h4H2,1-3H3;2H2,1H3;2H,1H3. The van der Waals surface area contributed by atoms with Crippen molar-refractivity contribution in [3.63, 3.8) is 0 Å². The molecule has 0 saturated heterocycles. The summed E-state index contributed by atoms with van der Waals surface area (Å²) in [7, 11) is 3.05. The summed E-state index contributed by atoms with van der Waals surface area (Å²) in [5.74, 6) is -0.00694. The van der Waals surface area contributed by atoms with Crippen LogP contribution in [0.25, 0.3) is 0 Å². The van der Waals surface area contributed by atoms with Crippen molar-refractivity contribution in [2.75, 3.05) is 14.2 Å². The number of amides is 1. The molecule has 0 rings (SSSR count). The second kappa shape index (κ2) is 17.0. The van der Waals surface area contributed by atoms with Gasteiger partial charge in [0.2, 0.25) is 5.91 Å². The van der Waals surface area contributed by atoms with Crippen molar-refractivity contribution in [3.05, 3.63) is 0 Å². The maximum atomic E-state index is 10.5. The summed E-state index contributed by atoms with van der Waals surface area (Å²) < 4.78 is 0.840. The molecule has 0 aliphatic carbocycles. The van der Waals surface area contributed by atoms with Crippen LogP contribution in [0.2, 0.25) is 0 Å². The highest BCUT2D eigenvalue weighted by Crippen LogP contribution is 2.05. The molecule has 0 aromatic rings. The van der Waals surface area contributed by atoms with Gasteiger partial charge in [0.05, 0.1) is 9.04 Å². The number of rotatable bonds is 3. The highest BCUT2D eigenvalue weighted by Gasteiger charge is 2.01. The van der Waals surface area contributed by atoms with E-state index in [1.54, 1.807) is 20.9 Å². The molecule has 1 amide bonds. The Bertz CT molecular complexity index is 201. The fraction of sp³-hybridized carbons (Fsp3) is 0.800. The van der Waals surface area contributed by atoms with Crippen LogP contribution in [-0.2, 0) is 14.4 Å². The Morgan fingerprint density at radius 1 is 1.29 bits per heavy atom. The zero-order chi connectivity index (χ0) is 14.4. The maximum absolute atomic E-state index is 10.5. The number of nitrogens with zero attached hydrogens (tertiary/aromatic N) is 1. The second-order valence-electron chi connectivity index (χ2n) is 2.65. The molecule has 0 radical (unpaired) electrons. The van der Waals surface area contributed by atoms with E-state index in [-0.39, 0.29) is 10.6 Å². The summed E-state index contributed by atoms with van der Waals surface area (Å²) in [6, 6.07) is 0. The number of halogens is 3. The summed E-state index contributed by atoms with van der Waals surface area (Å²) in [5, 5.41) is 1.21. The van der Waals surface area contributed by atoms with Crippen molar-refractivity contribution in [3.8, 4) is 0 Å². The molecular formula is C10H20BrI2NO3. The molecule has 0 N–H and O–H groups in total. The Hall–Kier alpha value is 1.04. The van der Waals surface area contributed by atoms with E-state index in [0.29, 0.717) is 12.8 Å². The number of carbonyl (C=O) groups is 2. The summed E-state index contributed by atoms with van der Waals surface area (Å²) in [6.07, 6.45) is 1.07. The SMILES string of the molecule is CC(I)I.CCC(=O)Br.CCC(=O)N(C)OC. The molecule has 0 aromatic carbocycles. The van der Waals surface area contributed by atoms with Gasteiger partial charge in [-0.15, -0.1) is 0 Å². The lowest BCUT2D eigenvalue weighted by molar-refractivity contribution is -0.168. The topological polar surface area (TPSA) is 46.6 Å². The van der Waals surface area contributed by atoms with Crippen molar-refractivity contribution in [2.45, 2.75) is 35.5 Å². The van der Waals surface area contributed by atoms with Gasteiger partial charge in [0.1, 0.15) is 0 Å². The van der Waals surface area contributed by atoms with E-state index < -0.39 is 0 Å². The Morgan fingerprint density at radius 2 is 1.59 bits per heavy atom. The van der Waals surface area contributed by atoms with Crippen LogP contribution in [0.5, 0.6) is 0 Å². The molecule has 0 heterocycles. The maximum Gasteiger partial charge on any atom is 0.245 e. The first-order valence-corrected chi connectivity index (χ1v) is 8.28. The zero-order valence-corrected chi connectivity index (χ0v) is 16.7. The highest BCUT2D eigenvalue weighted by molar-refractivity contribution is 14.2. The van der Waals surface area contributed by atoms with E-state index >= 15 is 0 Å². The number of carbonyl (C=O) groups excluding carboxylic acids is 2. The van der Waals surface area contributed by atoms with Gasteiger partial charge in [-0.1, -0.05) is 59.0 Å². The molecule has 104 valence electrons. The average molecular weight is 536 g/mol. The molecule has 0 fully saturated rings. The van der Waals surface area contributed by atoms with Crippen molar-refractivity contribution in [1.29, 1.82) is 0 Å². The Kier molecular flexibility index (Phi) is 23.2. The Balaban J connectivity index is -0.000000188. The van der Waals surface area contributed by atoms with E-state index in [2.05, 4.69) is 72.9 Å². The smallest absolute Gasteiger partial charge is 0.245 e. The quantitative estimate of drug-likeness (QED) is 0.238. The molecule has 0 atom stereocenters. The largest absolute Gasteiger partial charge is 0.287 e. The van der Waals surface area contributed by atoms with Crippen LogP contribution in [0.4, 0.5) is 0 Å². The number of hydrogen-bond donors (Lipinski definition) is 0. The van der Waals surface area contributed by atoms with E-state index in [0.717, 1.165) is 1.93 Å². The van der Waals surface area contributed by atoms with Gasteiger partial charge < -0.3 is 0 Å². The van der Waals surface area contributed by atoms with Gasteiger partial charge >= 0.3 is 0 Å². The summed E-state index contributed by atoms with van der Waals surface area (Å²) >= 11 is 7.39. The van der Waals surface area contributed by atoms with E-state index in [9.17, 15) is 9.59 Å². The Labute approximate surface area is 140 Å². The predicted molar refractivity (Wildman–Crippen MR) is 91.8 cm³/mol. The second-order valence-corrected chi connectivity index (χ2v) is 9.66. The van der Waals surface area contributed by atoms with Gasteiger partial charge in [0.25, 0.3) is 0 Å². The first-order chi connectivity index (χ1) is 7.72. The predicted octanol–water partition coefficient (Wildman–Crippen LogP) is 3.94. The fourth-order valence-electron chi connectivity index (χ4n) is 0.324. The minimum atomic E-state index is -0.00694. The Morgan fingerprint density at radius 3 is 1.65 bits per heavy atom. The molecule has 0 unspecified atom stereocenters. The van der Waals surface area contributed by atoms with Crippen LogP contribution in [0.15, 0.2) is 0 Å². The van der Waals surface area contributed by atoms with Gasteiger partial charge in [-0.05, 0) is 22.9 Å². The van der Waals surface area contributed by atoms with Crippen LogP contribution in [0, 0.1) is 0 Å². The highest BCUT2D eigenvalue weighted by atomic mass is 127. The fourth-order valence-corrected chi connectivity index (χ4v) is 0.324. The monoisotopic (exact) mass is 535 g/mol. The third-order valence-corrected chi connectivity index (χ3v) is 1.77.